The maximum Gasteiger partial charge on any atom is 0.317 e. The Kier molecular flexibility index (Phi) is 6.73. The molecule has 1 fully saturated rings. The molecule has 138 valence electrons. The van der Waals surface area contributed by atoms with Gasteiger partial charge in [-0.15, -0.1) is 0 Å². The molecule has 5 nitrogen and oxygen atoms in total. The van der Waals surface area contributed by atoms with Gasteiger partial charge in [0.25, 0.3) is 0 Å². The highest BCUT2D eigenvalue weighted by atomic mass is 19.1. The molecular formula is C18H24F2N2O3. The third-order valence-electron chi connectivity index (χ3n) is 4.34. The topological polar surface area (TPSA) is 58.6 Å². The molecule has 1 N–H and O–H groups in total. The first-order chi connectivity index (χ1) is 11.9. The first kappa shape index (κ1) is 19.1. The highest BCUT2D eigenvalue weighted by Crippen LogP contribution is 2.19. The van der Waals surface area contributed by atoms with Gasteiger partial charge >= 0.3 is 12.0 Å². The summed E-state index contributed by atoms with van der Waals surface area (Å²) in [7, 11) is 0. The quantitative estimate of drug-likeness (QED) is 0.827. The molecule has 1 aromatic carbocycles. The summed E-state index contributed by atoms with van der Waals surface area (Å²) in [5, 5.41) is 2.76. The summed E-state index contributed by atoms with van der Waals surface area (Å²) in [4.78, 5) is 25.6. The predicted octanol–water partition coefficient (Wildman–Crippen LogP) is 2.88. The van der Waals surface area contributed by atoms with E-state index in [9.17, 15) is 18.4 Å². The highest BCUT2D eigenvalue weighted by molar-refractivity contribution is 5.76. The number of ether oxygens (including phenoxy) is 1. The average molecular weight is 354 g/mol. The zero-order valence-electron chi connectivity index (χ0n) is 14.6. The number of hydrogen-bond donors (Lipinski definition) is 1. The Morgan fingerprint density at radius 2 is 1.88 bits per heavy atom. The first-order valence-corrected chi connectivity index (χ1v) is 8.57. The van der Waals surface area contributed by atoms with E-state index in [1.807, 2.05) is 0 Å². The lowest BCUT2D eigenvalue weighted by molar-refractivity contribution is -0.149. The Morgan fingerprint density at radius 1 is 1.28 bits per heavy atom. The number of hydrogen-bond acceptors (Lipinski definition) is 3. The fraction of sp³-hybridized carbons (Fsp3) is 0.556. The molecule has 25 heavy (non-hydrogen) atoms. The predicted molar refractivity (Wildman–Crippen MR) is 89.0 cm³/mol. The van der Waals surface area contributed by atoms with Gasteiger partial charge in [-0.05, 0) is 45.2 Å². The second kappa shape index (κ2) is 8.78. The van der Waals surface area contributed by atoms with Crippen molar-refractivity contribution in [3.05, 3.63) is 35.4 Å². The van der Waals surface area contributed by atoms with Gasteiger partial charge in [0, 0.05) is 24.7 Å². The second-order valence-corrected chi connectivity index (χ2v) is 6.27. The van der Waals surface area contributed by atoms with Crippen molar-refractivity contribution in [2.75, 3.05) is 19.7 Å². The molecule has 2 rings (SSSR count). The number of nitrogens with one attached hydrogen (secondary N) is 1. The zero-order chi connectivity index (χ0) is 18.4. The van der Waals surface area contributed by atoms with Gasteiger partial charge in [0.2, 0.25) is 0 Å². The molecule has 0 saturated carbocycles. The van der Waals surface area contributed by atoms with E-state index in [4.69, 9.17) is 4.74 Å². The summed E-state index contributed by atoms with van der Waals surface area (Å²) < 4.78 is 32.4. The molecule has 0 aromatic heterocycles. The minimum Gasteiger partial charge on any atom is -0.466 e. The molecule has 2 amide bonds. The number of carbonyl (C=O) groups is 2. The maximum absolute atomic E-state index is 13.7. The molecule has 7 heteroatoms. The van der Waals surface area contributed by atoms with Gasteiger partial charge in [0.15, 0.2) is 0 Å². The zero-order valence-corrected chi connectivity index (χ0v) is 14.6. The summed E-state index contributed by atoms with van der Waals surface area (Å²) in [5.41, 5.74) is -0.0312. The number of rotatable bonds is 5. The molecule has 0 aliphatic carbocycles. The molecule has 0 bridgehead atoms. The van der Waals surface area contributed by atoms with Gasteiger partial charge in [-0.2, -0.15) is 0 Å². The van der Waals surface area contributed by atoms with Crippen LogP contribution in [-0.2, 0) is 16.0 Å². The van der Waals surface area contributed by atoms with E-state index < -0.39 is 17.7 Å². The maximum atomic E-state index is 13.7. The molecule has 1 aromatic rings. The van der Waals surface area contributed by atoms with Gasteiger partial charge in [-0.25, -0.2) is 13.6 Å². The third-order valence-corrected chi connectivity index (χ3v) is 4.34. The van der Waals surface area contributed by atoms with Crippen LogP contribution in [0.1, 0.15) is 32.3 Å². The number of halogens is 2. The van der Waals surface area contributed by atoms with Gasteiger partial charge in [-0.1, -0.05) is 6.07 Å². The SMILES string of the molecule is CCOC(=O)C1CCN(C(=O)NC(C)Cc2c(F)cccc2F)CC1. The Bertz CT molecular complexity index is 596. The van der Waals surface area contributed by atoms with Crippen LogP contribution < -0.4 is 5.32 Å². The first-order valence-electron chi connectivity index (χ1n) is 8.57. The van der Waals surface area contributed by atoms with Crippen LogP contribution in [0.4, 0.5) is 13.6 Å². The normalized spacial score (nSPS) is 16.4. The van der Waals surface area contributed by atoms with E-state index >= 15 is 0 Å². The Hall–Kier alpha value is -2.18. The Balaban J connectivity index is 1.83. The average Bonchev–Trinajstić information content (AvgIpc) is 2.58. The van der Waals surface area contributed by atoms with Gasteiger partial charge < -0.3 is 15.0 Å². The molecule has 1 atom stereocenters. The number of benzene rings is 1. The number of esters is 1. The summed E-state index contributed by atoms with van der Waals surface area (Å²) in [6.45, 7) is 4.73. The van der Waals surface area contributed by atoms with Crippen molar-refractivity contribution in [2.24, 2.45) is 5.92 Å². The summed E-state index contributed by atoms with van der Waals surface area (Å²) in [6, 6.07) is 3.01. The van der Waals surface area contributed by atoms with Crippen LogP contribution in [0.5, 0.6) is 0 Å². The number of piperidine rings is 1. The van der Waals surface area contributed by atoms with Gasteiger partial charge in [-0.3, -0.25) is 4.79 Å². The molecule has 0 radical (unpaired) electrons. The smallest absolute Gasteiger partial charge is 0.317 e. The molecular weight excluding hydrogens is 330 g/mol. The van der Waals surface area contributed by atoms with Crippen molar-refractivity contribution in [3.8, 4) is 0 Å². The lowest BCUT2D eigenvalue weighted by Crippen LogP contribution is -2.48. The van der Waals surface area contributed by atoms with Crippen molar-refractivity contribution in [1.82, 2.24) is 10.2 Å². The minimum atomic E-state index is -0.614. The number of likely N-dealkylation sites (tertiary alicyclic amines) is 1. The van der Waals surface area contributed by atoms with Crippen LogP contribution in [-0.4, -0.2) is 42.6 Å². The van der Waals surface area contributed by atoms with E-state index in [-0.39, 0.29) is 29.9 Å². The van der Waals surface area contributed by atoms with E-state index in [0.717, 1.165) is 0 Å². The van der Waals surface area contributed by atoms with E-state index in [2.05, 4.69) is 5.32 Å². The van der Waals surface area contributed by atoms with Crippen LogP contribution in [0.25, 0.3) is 0 Å². The lowest BCUT2D eigenvalue weighted by Gasteiger charge is -2.31. The highest BCUT2D eigenvalue weighted by Gasteiger charge is 2.28. The summed E-state index contributed by atoms with van der Waals surface area (Å²) in [5.74, 6) is -1.62. The molecule has 1 saturated heterocycles. The lowest BCUT2D eigenvalue weighted by atomic mass is 9.97. The van der Waals surface area contributed by atoms with Crippen molar-refractivity contribution in [1.29, 1.82) is 0 Å². The standard InChI is InChI=1S/C18H24F2N2O3/c1-3-25-17(23)13-7-9-22(10-8-13)18(24)21-12(2)11-14-15(19)5-4-6-16(14)20/h4-6,12-13H,3,7-11H2,1-2H3,(H,21,24). The van der Waals surface area contributed by atoms with Crippen LogP contribution in [0.2, 0.25) is 0 Å². The largest absolute Gasteiger partial charge is 0.466 e. The molecule has 1 unspecified atom stereocenters. The minimum absolute atomic E-state index is 0.0312. The number of nitrogens with zero attached hydrogens (tertiary/aromatic N) is 1. The van der Waals surface area contributed by atoms with E-state index in [1.165, 1.54) is 18.2 Å². The molecule has 1 aliphatic rings. The van der Waals surface area contributed by atoms with Gasteiger partial charge in [0.1, 0.15) is 11.6 Å². The van der Waals surface area contributed by atoms with Crippen LogP contribution in [0, 0.1) is 17.6 Å². The van der Waals surface area contributed by atoms with E-state index in [1.54, 1.807) is 18.7 Å². The molecule has 1 heterocycles. The number of urea groups is 1. The van der Waals surface area contributed by atoms with Crippen LogP contribution >= 0.6 is 0 Å². The van der Waals surface area contributed by atoms with E-state index in [0.29, 0.717) is 32.5 Å². The van der Waals surface area contributed by atoms with Crippen molar-refractivity contribution >= 4 is 12.0 Å². The monoisotopic (exact) mass is 354 g/mol. The fourth-order valence-electron chi connectivity index (χ4n) is 2.97. The van der Waals surface area contributed by atoms with Gasteiger partial charge in [0.05, 0.1) is 12.5 Å². The summed E-state index contributed by atoms with van der Waals surface area (Å²) >= 11 is 0. The third kappa shape index (κ3) is 5.14. The van der Waals surface area contributed by atoms with Crippen molar-refractivity contribution in [3.63, 3.8) is 0 Å². The van der Waals surface area contributed by atoms with Crippen molar-refractivity contribution in [2.45, 2.75) is 39.2 Å². The second-order valence-electron chi connectivity index (χ2n) is 6.27. The van der Waals surface area contributed by atoms with Crippen LogP contribution in [0.15, 0.2) is 18.2 Å². The van der Waals surface area contributed by atoms with Crippen molar-refractivity contribution < 1.29 is 23.1 Å². The Labute approximate surface area is 146 Å². The number of amides is 2. The Morgan fingerprint density at radius 3 is 2.44 bits per heavy atom. The molecule has 0 spiro atoms. The van der Waals surface area contributed by atoms with Crippen LogP contribution in [0.3, 0.4) is 0 Å². The molecule has 1 aliphatic heterocycles. The number of carbonyl (C=O) groups excluding carboxylic acids is 2. The fourth-order valence-corrected chi connectivity index (χ4v) is 2.97. The summed E-state index contributed by atoms with van der Waals surface area (Å²) in [6.07, 6.45) is 1.19.